The molecule has 40 heavy (non-hydrogen) atoms. The second-order valence-electron chi connectivity index (χ2n) is 9.77. The first-order chi connectivity index (χ1) is 19.2. The maximum Gasteiger partial charge on any atom is 0.573 e. The topological polar surface area (TPSA) is 99.2 Å². The van der Waals surface area contributed by atoms with Crippen LogP contribution < -0.4 is 4.74 Å². The molecule has 12 heteroatoms. The van der Waals surface area contributed by atoms with Crippen LogP contribution in [0.4, 0.5) is 13.2 Å². The number of ether oxygens (including phenoxy) is 1. The van der Waals surface area contributed by atoms with Crippen molar-refractivity contribution < 1.29 is 27.2 Å². The van der Waals surface area contributed by atoms with E-state index in [4.69, 9.17) is 4.52 Å². The molecule has 1 aliphatic rings. The minimum Gasteiger partial charge on any atom is -0.406 e. The molecule has 1 amide bonds. The van der Waals surface area contributed by atoms with Gasteiger partial charge < -0.3 is 14.2 Å². The predicted molar refractivity (Wildman–Crippen MR) is 139 cm³/mol. The van der Waals surface area contributed by atoms with Crippen LogP contribution in [0.2, 0.25) is 0 Å². The zero-order valence-electron chi connectivity index (χ0n) is 22.0. The summed E-state index contributed by atoms with van der Waals surface area (Å²) in [5.41, 5.74) is 3.97. The van der Waals surface area contributed by atoms with E-state index >= 15 is 0 Å². The van der Waals surface area contributed by atoms with Crippen LogP contribution in [0.15, 0.2) is 53.2 Å². The summed E-state index contributed by atoms with van der Waals surface area (Å²) in [4.78, 5) is 22.6. The molecule has 0 saturated carbocycles. The lowest BCUT2D eigenvalue weighted by molar-refractivity contribution is -0.274. The maximum atomic E-state index is 12.4. The molecule has 1 saturated heterocycles. The van der Waals surface area contributed by atoms with Crippen molar-refractivity contribution in [1.29, 1.82) is 0 Å². The molecule has 4 aromatic rings. The molecule has 0 atom stereocenters. The Kier molecular flexibility index (Phi) is 8.13. The van der Waals surface area contributed by atoms with Crippen LogP contribution >= 0.6 is 0 Å². The molecular weight excluding hydrogens is 525 g/mol. The summed E-state index contributed by atoms with van der Waals surface area (Å²) in [5.74, 6) is 0.382. The summed E-state index contributed by atoms with van der Waals surface area (Å²) in [5, 5.41) is 8.56. The van der Waals surface area contributed by atoms with Crippen molar-refractivity contribution in [2.75, 3.05) is 13.1 Å². The Labute approximate surface area is 229 Å². The standard InChI is InChI=1S/C28H29F3N6O3/c1-19-16-24(27-33-26(35-40-27)21-8-10-23(11-9-21)39-28(29,30)31)34-37(19)18-20-12-13-32-22(17-20)6-3-2-4-14-36-15-5-7-25(36)38/h8-13,16-17H,2-7,14-15,18H2,1H3. The second kappa shape index (κ2) is 11.9. The van der Waals surface area contributed by atoms with Gasteiger partial charge in [-0.1, -0.05) is 11.6 Å². The Bertz CT molecular complexity index is 1450. The van der Waals surface area contributed by atoms with Gasteiger partial charge in [-0.05, 0) is 80.6 Å². The van der Waals surface area contributed by atoms with E-state index < -0.39 is 6.36 Å². The monoisotopic (exact) mass is 554 g/mol. The summed E-state index contributed by atoms with van der Waals surface area (Å²) < 4.78 is 48.3. The number of amides is 1. The average molecular weight is 555 g/mol. The fourth-order valence-electron chi connectivity index (χ4n) is 4.69. The minimum atomic E-state index is -4.76. The highest BCUT2D eigenvalue weighted by Crippen LogP contribution is 2.27. The quantitative estimate of drug-likeness (QED) is 0.223. The van der Waals surface area contributed by atoms with Gasteiger partial charge in [0.25, 0.3) is 5.89 Å². The zero-order chi connectivity index (χ0) is 28.1. The summed E-state index contributed by atoms with van der Waals surface area (Å²) in [6.45, 7) is 4.21. The third-order valence-corrected chi connectivity index (χ3v) is 6.72. The summed E-state index contributed by atoms with van der Waals surface area (Å²) in [7, 11) is 0. The molecule has 9 nitrogen and oxygen atoms in total. The molecule has 0 unspecified atom stereocenters. The number of pyridine rings is 1. The molecule has 0 spiro atoms. The average Bonchev–Trinajstić information content (AvgIpc) is 3.65. The molecule has 210 valence electrons. The predicted octanol–water partition coefficient (Wildman–Crippen LogP) is 5.59. The van der Waals surface area contributed by atoms with Gasteiger partial charge in [0, 0.05) is 42.7 Å². The Morgan fingerprint density at radius 2 is 1.90 bits per heavy atom. The highest BCUT2D eigenvalue weighted by molar-refractivity contribution is 5.78. The molecule has 1 aromatic carbocycles. The van der Waals surface area contributed by atoms with Crippen LogP contribution in [0.3, 0.4) is 0 Å². The number of unbranched alkanes of at least 4 members (excludes halogenated alkanes) is 2. The van der Waals surface area contributed by atoms with E-state index in [1.54, 1.807) is 0 Å². The van der Waals surface area contributed by atoms with Gasteiger partial charge in [-0.2, -0.15) is 10.1 Å². The van der Waals surface area contributed by atoms with E-state index in [1.807, 2.05) is 34.8 Å². The van der Waals surface area contributed by atoms with Gasteiger partial charge >= 0.3 is 6.36 Å². The van der Waals surface area contributed by atoms with E-state index in [0.29, 0.717) is 24.2 Å². The molecule has 3 aromatic heterocycles. The van der Waals surface area contributed by atoms with Crippen molar-refractivity contribution in [3.8, 4) is 28.7 Å². The van der Waals surface area contributed by atoms with Gasteiger partial charge in [-0.3, -0.25) is 14.5 Å². The first kappa shape index (κ1) is 27.4. The van der Waals surface area contributed by atoms with Gasteiger partial charge in [0.2, 0.25) is 11.7 Å². The van der Waals surface area contributed by atoms with E-state index in [1.165, 1.54) is 24.3 Å². The van der Waals surface area contributed by atoms with E-state index in [-0.39, 0.29) is 23.4 Å². The lowest BCUT2D eigenvalue weighted by Gasteiger charge is -2.14. The number of rotatable bonds is 11. The molecule has 4 heterocycles. The number of hydrogen-bond acceptors (Lipinski definition) is 7. The molecule has 0 bridgehead atoms. The first-order valence-electron chi connectivity index (χ1n) is 13.2. The number of nitrogens with zero attached hydrogens (tertiary/aromatic N) is 6. The summed E-state index contributed by atoms with van der Waals surface area (Å²) in [6.07, 6.45) is 2.66. The Morgan fingerprint density at radius 1 is 1.07 bits per heavy atom. The van der Waals surface area contributed by atoms with Crippen molar-refractivity contribution in [2.45, 2.75) is 58.4 Å². The molecule has 0 N–H and O–H groups in total. The van der Waals surface area contributed by atoms with Gasteiger partial charge in [-0.15, -0.1) is 13.2 Å². The molecular formula is C28H29F3N6O3. The van der Waals surface area contributed by atoms with Crippen LogP contribution in [0.1, 0.15) is 49.1 Å². The largest absolute Gasteiger partial charge is 0.573 e. The number of benzene rings is 1. The fraction of sp³-hybridized carbons (Fsp3) is 0.393. The van der Waals surface area contributed by atoms with E-state index in [9.17, 15) is 18.0 Å². The van der Waals surface area contributed by atoms with Crippen molar-refractivity contribution in [1.82, 2.24) is 29.8 Å². The Morgan fingerprint density at radius 3 is 2.65 bits per heavy atom. The van der Waals surface area contributed by atoms with Gasteiger partial charge in [-0.25, -0.2) is 0 Å². The highest BCUT2D eigenvalue weighted by Gasteiger charge is 2.31. The van der Waals surface area contributed by atoms with Crippen molar-refractivity contribution in [3.63, 3.8) is 0 Å². The number of likely N-dealkylation sites (tertiary alicyclic amines) is 1. The normalized spacial score (nSPS) is 13.8. The number of alkyl halides is 3. The van der Waals surface area contributed by atoms with Crippen molar-refractivity contribution >= 4 is 5.91 Å². The Hall–Kier alpha value is -4.22. The van der Waals surface area contributed by atoms with Gasteiger partial charge in [0.05, 0.1) is 6.54 Å². The number of aryl methyl sites for hydroxylation is 2. The molecule has 0 aliphatic carbocycles. The van der Waals surface area contributed by atoms with Gasteiger partial charge in [0.15, 0.2) is 5.69 Å². The number of halogens is 3. The Balaban J connectivity index is 1.17. The van der Waals surface area contributed by atoms with Crippen molar-refractivity contribution in [2.24, 2.45) is 0 Å². The SMILES string of the molecule is Cc1cc(-c2nc(-c3ccc(OC(F)(F)F)cc3)no2)nn1Cc1ccnc(CCCCCN2CCCC2=O)c1. The molecule has 0 radical (unpaired) electrons. The molecule has 1 fully saturated rings. The molecule has 1 aliphatic heterocycles. The number of carbonyl (C=O) groups excluding carboxylic acids is 1. The molecule has 5 rings (SSSR count). The number of carbonyl (C=O) groups is 1. The van der Waals surface area contributed by atoms with Crippen LogP contribution in [0, 0.1) is 6.92 Å². The number of aromatic nitrogens is 5. The van der Waals surface area contributed by atoms with Crippen LogP contribution in [-0.2, 0) is 17.8 Å². The van der Waals surface area contributed by atoms with Gasteiger partial charge in [0.1, 0.15) is 5.75 Å². The van der Waals surface area contributed by atoms with Crippen LogP contribution in [0.25, 0.3) is 23.0 Å². The van der Waals surface area contributed by atoms with E-state index in [0.717, 1.165) is 62.1 Å². The van der Waals surface area contributed by atoms with E-state index in [2.05, 4.69) is 31.0 Å². The zero-order valence-corrected chi connectivity index (χ0v) is 22.0. The third kappa shape index (κ3) is 7.04. The highest BCUT2D eigenvalue weighted by atomic mass is 19.4. The first-order valence-corrected chi connectivity index (χ1v) is 13.2. The lowest BCUT2D eigenvalue weighted by Crippen LogP contribution is -2.25. The lowest BCUT2D eigenvalue weighted by atomic mass is 10.1. The summed E-state index contributed by atoms with van der Waals surface area (Å²) >= 11 is 0. The third-order valence-electron chi connectivity index (χ3n) is 6.72. The van der Waals surface area contributed by atoms with Crippen molar-refractivity contribution in [3.05, 3.63) is 65.6 Å². The second-order valence-corrected chi connectivity index (χ2v) is 9.77. The van der Waals surface area contributed by atoms with Crippen LogP contribution in [-0.4, -0.2) is 55.2 Å². The summed E-state index contributed by atoms with van der Waals surface area (Å²) in [6, 6.07) is 11.1. The maximum absolute atomic E-state index is 12.4. The number of hydrogen-bond donors (Lipinski definition) is 0. The smallest absolute Gasteiger partial charge is 0.406 e. The van der Waals surface area contributed by atoms with Crippen LogP contribution in [0.5, 0.6) is 5.75 Å². The fourth-order valence-corrected chi connectivity index (χ4v) is 4.69. The minimum absolute atomic E-state index is 0.207.